The van der Waals surface area contributed by atoms with E-state index in [0.717, 1.165) is 6.42 Å². The van der Waals surface area contributed by atoms with E-state index in [2.05, 4.69) is 11.7 Å². The van der Waals surface area contributed by atoms with Crippen molar-refractivity contribution in [1.82, 2.24) is 0 Å². The van der Waals surface area contributed by atoms with E-state index in [1.165, 1.54) is 7.11 Å². The fraction of sp³-hybridized carbons (Fsp3) is 0.889. The van der Waals surface area contributed by atoms with E-state index in [1.807, 2.05) is 0 Å². The maximum absolute atomic E-state index is 10.9. The molecule has 1 saturated heterocycles. The molecule has 0 aromatic rings. The molecule has 0 spiro atoms. The summed E-state index contributed by atoms with van der Waals surface area (Å²) in [6.07, 6.45) is 1.29. The van der Waals surface area contributed by atoms with Crippen LogP contribution in [0.1, 0.15) is 19.8 Å². The number of carbonyl (C=O) groups is 1. The van der Waals surface area contributed by atoms with Crippen LogP contribution in [0, 0.1) is 0 Å². The molecule has 4 heteroatoms. The van der Waals surface area contributed by atoms with Gasteiger partial charge in [0.2, 0.25) is 0 Å². The first-order valence-corrected chi connectivity index (χ1v) is 4.56. The highest BCUT2D eigenvalue weighted by atomic mass is 16.6. The van der Waals surface area contributed by atoms with Crippen molar-refractivity contribution in [1.29, 1.82) is 0 Å². The summed E-state index contributed by atoms with van der Waals surface area (Å²) in [5.41, 5.74) is 0. The number of carbonyl (C=O) groups excluding carboxylic acids is 1. The SMILES string of the molecule is CCC1CO[C@@H](CC(=O)OC)CO1. The van der Waals surface area contributed by atoms with Crippen molar-refractivity contribution in [2.24, 2.45) is 0 Å². The minimum atomic E-state index is -0.247. The Balaban J connectivity index is 2.21. The summed E-state index contributed by atoms with van der Waals surface area (Å²) in [6.45, 7) is 3.13. The standard InChI is InChI=1S/C9H16O4/c1-3-7-5-13-8(6-12-7)4-9(10)11-2/h7-8H,3-6H2,1-2H3/t7?,8-/m0/s1. The first kappa shape index (κ1) is 10.5. The van der Waals surface area contributed by atoms with Gasteiger partial charge in [0.1, 0.15) is 0 Å². The van der Waals surface area contributed by atoms with Crippen molar-refractivity contribution < 1.29 is 19.0 Å². The van der Waals surface area contributed by atoms with Crippen LogP contribution in [0.15, 0.2) is 0 Å². The number of ether oxygens (including phenoxy) is 3. The monoisotopic (exact) mass is 188 g/mol. The summed E-state index contributed by atoms with van der Waals surface area (Å²) in [6, 6.07) is 0. The Kier molecular flexibility index (Phi) is 4.18. The van der Waals surface area contributed by atoms with Gasteiger partial charge in [-0.2, -0.15) is 0 Å². The van der Waals surface area contributed by atoms with E-state index in [1.54, 1.807) is 0 Å². The van der Waals surface area contributed by atoms with Gasteiger partial charge in [0, 0.05) is 0 Å². The predicted octanol–water partition coefficient (Wildman–Crippen LogP) is 0.743. The van der Waals surface area contributed by atoms with Gasteiger partial charge in [0.15, 0.2) is 0 Å². The van der Waals surface area contributed by atoms with Gasteiger partial charge < -0.3 is 14.2 Å². The summed E-state index contributed by atoms with van der Waals surface area (Å²) in [7, 11) is 1.38. The van der Waals surface area contributed by atoms with Gasteiger partial charge in [0.05, 0.1) is 39.0 Å². The van der Waals surface area contributed by atoms with E-state index in [0.29, 0.717) is 13.2 Å². The molecule has 1 heterocycles. The summed E-state index contributed by atoms with van der Waals surface area (Å²) < 4.78 is 15.4. The largest absolute Gasteiger partial charge is 0.469 e. The third-order valence-corrected chi connectivity index (χ3v) is 2.11. The topological polar surface area (TPSA) is 44.8 Å². The number of rotatable bonds is 3. The lowest BCUT2D eigenvalue weighted by Gasteiger charge is -2.28. The molecule has 0 saturated carbocycles. The summed E-state index contributed by atoms with van der Waals surface area (Å²) in [5.74, 6) is -0.247. The Hall–Kier alpha value is -0.610. The predicted molar refractivity (Wildman–Crippen MR) is 46.4 cm³/mol. The van der Waals surface area contributed by atoms with Gasteiger partial charge in [-0.3, -0.25) is 4.79 Å². The van der Waals surface area contributed by atoms with Gasteiger partial charge in [-0.05, 0) is 6.42 Å². The third kappa shape index (κ3) is 3.32. The average Bonchev–Trinajstić information content (AvgIpc) is 2.19. The second-order valence-corrected chi connectivity index (χ2v) is 3.10. The van der Waals surface area contributed by atoms with Crippen molar-refractivity contribution >= 4 is 5.97 Å². The molecule has 1 rings (SSSR count). The van der Waals surface area contributed by atoms with E-state index in [4.69, 9.17) is 9.47 Å². The second kappa shape index (κ2) is 5.19. The average molecular weight is 188 g/mol. The lowest BCUT2D eigenvalue weighted by Crippen LogP contribution is -2.36. The number of hydrogen-bond acceptors (Lipinski definition) is 4. The van der Waals surface area contributed by atoms with Crippen molar-refractivity contribution in [3.05, 3.63) is 0 Å². The first-order valence-electron chi connectivity index (χ1n) is 4.56. The normalized spacial score (nSPS) is 28.5. The van der Waals surface area contributed by atoms with Crippen molar-refractivity contribution in [2.45, 2.75) is 32.0 Å². The fourth-order valence-corrected chi connectivity index (χ4v) is 1.21. The quantitative estimate of drug-likeness (QED) is 0.613. The first-order chi connectivity index (χ1) is 6.26. The molecule has 0 amide bonds. The summed E-state index contributed by atoms with van der Waals surface area (Å²) in [5, 5.41) is 0. The molecule has 0 aromatic heterocycles. The molecular weight excluding hydrogens is 172 g/mol. The molecule has 1 aliphatic rings. The highest BCUT2D eigenvalue weighted by Gasteiger charge is 2.23. The lowest BCUT2D eigenvalue weighted by atomic mass is 10.2. The van der Waals surface area contributed by atoms with E-state index in [-0.39, 0.29) is 24.6 Å². The number of esters is 1. The Morgan fingerprint density at radius 1 is 1.38 bits per heavy atom. The van der Waals surface area contributed by atoms with E-state index < -0.39 is 0 Å². The van der Waals surface area contributed by atoms with Crippen LogP contribution in [0.25, 0.3) is 0 Å². The van der Waals surface area contributed by atoms with Crippen LogP contribution in [-0.4, -0.2) is 38.5 Å². The Morgan fingerprint density at radius 3 is 2.46 bits per heavy atom. The zero-order valence-corrected chi connectivity index (χ0v) is 8.12. The molecule has 0 bridgehead atoms. The molecule has 76 valence electrons. The Morgan fingerprint density at radius 2 is 2.00 bits per heavy atom. The molecule has 0 radical (unpaired) electrons. The van der Waals surface area contributed by atoms with Gasteiger partial charge in [-0.15, -0.1) is 0 Å². The molecule has 0 aromatic carbocycles. The van der Waals surface area contributed by atoms with Crippen LogP contribution in [0.3, 0.4) is 0 Å². The van der Waals surface area contributed by atoms with Crippen LogP contribution >= 0.6 is 0 Å². The van der Waals surface area contributed by atoms with Crippen LogP contribution < -0.4 is 0 Å². The van der Waals surface area contributed by atoms with Gasteiger partial charge in [0.25, 0.3) is 0 Å². The van der Waals surface area contributed by atoms with Crippen LogP contribution in [0.2, 0.25) is 0 Å². The maximum atomic E-state index is 10.9. The van der Waals surface area contributed by atoms with Crippen molar-refractivity contribution in [3.63, 3.8) is 0 Å². The number of methoxy groups -OCH3 is 1. The van der Waals surface area contributed by atoms with E-state index >= 15 is 0 Å². The third-order valence-electron chi connectivity index (χ3n) is 2.11. The van der Waals surface area contributed by atoms with Crippen molar-refractivity contribution in [3.8, 4) is 0 Å². The molecule has 1 unspecified atom stereocenters. The Labute approximate surface area is 78.2 Å². The maximum Gasteiger partial charge on any atom is 0.308 e. The zero-order chi connectivity index (χ0) is 9.68. The number of hydrogen-bond donors (Lipinski definition) is 0. The molecular formula is C9H16O4. The Bertz CT molecular complexity index is 161. The minimum absolute atomic E-state index is 0.129. The lowest BCUT2D eigenvalue weighted by molar-refractivity contribution is -0.158. The molecule has 0 N–H and O–H groups in total. The summed E-state index contributed by atoms with van der Waals surface area (Å²) in [4.78, 5) is 10.9. The molecule has 0 aliphatic carbocycles. The highest BCUT2D eigenvalue weighted by molar-refractivity contribution is 5.69. The van der Waals surface area contributed by atoms with Gasteiger partial charge in [-0.25, -0.2) is 0 Å². The van der Waals surface area contributed by atoms with Crippen LogP contribution in [0.5, 0.6) is 0 Å². The molecule has 4 nitrogen and oxygen atoms in total. The van der Waals surface area contributed by atoms with Gasteiger partial charge >= 0.3 is 5.97 Å². The van der Waals surface area contributed by atoms with Gasteiger partial charge in [-0.1, -0.05) is 6.92 Å². The highest BCUT2D eigenvalue weighted by Crippen LogP contribution is 2.12. The molecule has 2 atom stereocenters. The van der Waals surface area contributed by atoms with Crippen LogP contribution in [-0.2, 0) is 19.0 Å². The van der Waals surface area contributed by atoms with E-state index in [9.17, 15) is 4.79 Å². The minimum Gasteiger partial charge on any atom is -0.469 e. The zero-order valence-electron chi connectivity index (χ0n) is 8.12. The smallest absolute Gasteiger partial charge is 0.308 e. The van der Waals surface area contributed by atoms with Crippen molar-refractivity contribution in [2.75, 3.05) is 20.3 Å². The second-order valence-electron chi connectivity index (χ2n) is 3.10. The molecule has 1 aliphatic heterocycles. The van der Waals surface area contributed by atoms with Crippen LogP contribution in [0.4, 0.5) is 0 Å². The molecule has 13 heavy (non-hydrogen) atoms. The fourth-order valence-electron chi connectivity index (χ4n) is 1.21. The summed E-state index contributed by atoms with van der Waals surface area (Å²) >= 11 is 0. The molecule has 1 fully saturated rings.